The Morgan fingerprint density at radius 2 is 1.68 bits per heavy atom. The molecule has 0 spiro atoms. The van der Waals surface area contributed by atoms with Crippen molar-refractivity contribution >= 4 is 28.1 Å². The molecule has 4 heteroatoms. The number of anilines is 1. The van der Waals surface area contributed by atoms with Crippen molar-refractivity contribution in [2.75, 3.05) is 11.9 Å². The van der Waals surface area contributed by atoms with Gasteiger partial charge >= 0.3 is 0 Å². The predicted octanol–water partition coefficient (Wildman–Crippen LogP) is 7.77. The minimum absolute atomic E-state index is 0.174. The minimum atomic E-state index is -0.174. The molecule has 0 unspecified atom stereocenters. The number of carbonyl (C=O) groups excluding carboxylic acids is 1. The molecular weight excluding hydrogens is 422 g/mol. The standard InChI is InChI=1S/C30H31NO3/c1-7-33-28-16-29-26(27(17-34-29)24-9-8-18(2)11-21(24)5)15-25(28)22(6)14-30(32)31-23-12-19(3)10-20(4)13-23/h8-17H,7H2,1-6H3,(H,31,32)/b22-14+. The SMILES string of the molecule is CCOc1cc2occ(-c3ccc(C)cc3C)c2cc1/C(C)=C/C(=O)Nc1cc(C)cc(C)c1. The summed E-state index contributed by atoms with van der Waals surface area (Å²) in [6, 6.07) is 16.4. The van der Waals surface area contributed by atoms with E-state index in [2.05, 4.69) is 49.5 Å². The Balaban J connectivity index is 1.74. The zero-order valence-electron chi connectivity index (χ0n) is 20.7. The number of benzene rings is 3. The highest BCUT2D eigenvalue weighted by Crippen LogP contribution is 2.38. The van der Waals surface area contributed by atoms with Crippen molar-refractivity contribution in [3.05, 3.63) is 88.7 Å². The van der Waals surface area contributed by atoms with E-state index in [4.69, 9.17) is 9.15 Å². The highest BCUT2D eigenvalue weighted by Gasteiger charge is 2.16. The zero-order valence-corrected chi connectivity index (χ0v) is 20.7. The second kappa shape index (κ2) is 9.60. The average Bonchev–Trinajstić information content (AvgIpc) is 3.15. The van der Waals surface area contributed by atoms with Crippen molar-refractivity contribution in [3.8, 4) is 16.9 Å². The van der Waals surface area contributed by atoms with Gasteiger partial charge in [-0.1, -0.05) is 29.8 Å². The van der Waals surface area contributed by atoms with Gasteiger partial charge in [0.2, 0.25) is 5.91 Å². The number of hydrogen-bond acceptors (Lipinski definition) is 3. The largest absolute Gasteiger partial charge is 0.493 e. The van der Waals surface area contributed by atoms with Gasteiger partial charge in [0.1, 0.15) is 11.3 Å². The predicted molar refractivity (Wildman–Crippen MR) is 140 cm³/mol. The van der Waals surface area contributed by atoms with E-state index < -0.39 is 0 Å². The van der Waals surface area contributed by atoms with Gasteiger partial charge in [0, 0.05) is 34.3 Å². The van der Waals surface area contributed by atoms with E-state index in [1.807, 2.05) is 45.9 Å². The van der Waals surface area contributed by atoms with Crippen molar-refractivity contribution < 1.29 is 13.9 Å². The van der Waals surface area contributed by atoms with Gasteiger partial charge in [-0.3, -0.25) is 4.79 Å². The molecule has 0 aliphatic rings. The first-order valence-electron chi connectivity index (χ1n) is 11.6. The van der Waals surface area contributed by atoms with E-state index in [0.29, 0.717) is 12.4 Å². The van der Waals surface area contributed by atoms with Crippen molar-refractivity contribution in [1.29, 1.82) is 0 Å². The second-order valence-electron chi connectivity index (χ2n) is 8.94. The maximum absolute atomic E-state index is 12.8. The number of allylic oxidation sites excluding steroid dienone is 1. The first-order chi connectivity index (χ1) is 16.2. The van der Waals surface area contributed by atoms with E-state index in [0.717, 1.165) is 50.0 Å². The molecule has 3 aromatic carbocycles. The van der Waals surface area contributed by atoms with Gasteiger partial charge in [-0.25, -0.2) is 0 Å². The third kappa shape index (κ3) is 4.91. The van der Waals surface area contributed by atoms with Gasteiger partial charge in [0.15, 0.2) is 0 Å². The summed E-state index contributed by atoms with van der Waals surface area (Å²) in [5, 5.41) is 3.98. The maximum Gasteiger partial charge on any atom is 0.248 e. The Hall–Kier alpha value is -3.79. The lowest BCUT2D eigenvalue weighted by molar-refractivity contribution is -0.111. The van der Waals surface area contributed by atoms with Crippen molar-refractivity contribution in [1.82, 2.24) is 0 Å². The van der Waals surface area contributed by atoms with E-state index in [9.17, 15) is 4.79 Å². The van der Waals surface area contributed by atoms with E-state index in [1.165, 1.54) is 11.1 Å². The summed E-state index contributed by atoms with van der Waals surface area (Å²) in [5.74, 6) is 0.524. The number of rotatable bonds is 6. The molecule has 1 N–H and O–H groups in total. The highest BCUT2D eigenvalue weighted by atomic mass is 16.5. The van der Waals surface area contributed by atoms with Crippen LogP contribution < -0.4 is 10.1 Å². The van der Waals surface area contributed by atoms with Crippen LogP contribution in [-0.4, -0.2) is 12.5 Å². The highest BCUT2D eigenvalue weighted by molar-refractivity contribution is 6.05. The molecular formula is C30H31NO3. The number of amides is 1. The maximum atomic E-state index is 12.8. The fraction of sp³-hybridized carbons (Fsp3) is 0.233. The minimum Gasteiger partial charge on any atom is -0.493 e. The van der Waals surface area contributed by atoms with E-state index >= 15 is 0 Å². The van der Waals surface area contributed by atoms with Gasteiger partial charge in [0.25, 0.3) is 0 Å². The molecule has 0 aliphatic carbocycles. The van der Waals surface area contributed by atoms with Gasteiger partial charge in [-0.15, -0.1) is 0 Å². The molecule has 0 aliphatic heterocycles. The Labute approximate surface area is 201 Å². The molecule has 1 heterocycles. The molecule has 1 amide bonds. The summed E-state index contributed by atoms with van der Waals surface area (Å²) in [5.41, 5.74) is 10.0. The molecule has 1 aromatic heterocycles. The fourth-order valence-corrected chi connectivity index (χ4v) is 4.46. The van der Waals surface area contributed by atoms with E-state index in [1.54, 1.807) is 12.3 Å². The Bertz CT molecular complexity index is 1390. The van der Waals surface area contributed by atoms with Crippen LogP contribution in [0.3, 0.4) is 0 Å². The average molecular weight is 454 g/mol. The molecule has 0 radical (unpaired) electrons. The van der Waals surface area contributed by atoms with Crippen LogP contribution >= 0.6 is 0 Å². The zero-order chi connectivity index (χ0) is 24.4. The third-order valence-corrected chi connectivity index (χ3v) is 5.91. The number of furan rings is 1. The molecule has 34 heavy (non-hydrogen) atoms. The summed E-state index contributed by atoms with van der Waals surface area (Å²) >= 11 is 0. The van der Waals surface area contributed by atoms with Crippen molar-refractivity contribution in [3.63, 3.8) is 0 Å². The number of ether oxygens (including phenoxy) is 1. The Morgan fingerprint density at radius 1 is 0.941 bits per heavy atom. The monoisotopic (exact) mass is 453 g/mol. The molecule has 174 valence electrons. The molecule has 4 nitrogen and oxygen atoms in total. The molecule has 0 saturated carbocycles. The van der Waals surface area contributed by atoms with Crippen LogP contribution in [0, 0.1) is 27.7 Å². The fourth-order valence-electron chi connectivity index (χ4n) is 4.46. The van der Waals surface area contributed by atoms with Crippen LogP contribution in [0.25, 0.3) is 27.7 Å². The quantitative estimate of drug-likeness (QED) is 0.303. The topological polar surface area (TPSA) is 51.5 Å². The van der Waals surface area contributed by atoms with Gasteiger partial charge in [-0.2, -0.15) is 0 Å². The van der Waals surface area contributed by atoms with Crippen LogP contribution in [0.1, 0.15) is 41.7 Å². The van der Waals surface area contributed by atoms with Crippen LogP contribution in [0.5, 0.6) is 5.75 Å². The second-order valence-corrected chi connectivity index (χ2v) is 8.94. The van der Waals surface area contributed by atoms with Crippen LogP contribution in [0.2, 0.25) is 0 Å². The normalized spacial score (nSPS) is 11.6. The van der Waals surface area contributed by atoms with Crippen molar-refractivity contribution in [2.45, 2.75) is 41.5 Å². The smallest absolute Gasteiger partial charge is 0.248 e. The lowest BCUT2D eigenvalue weighted by atomic mass is 9.96. The number of nitrogens with one attached hydrogen (secondary N) is 1. The number of hydrogen-bond donors (Lipinski definition) is 1. The first kappa shape index (κ1) is 23.4. The summed E-state index contributed by atoms with van der Waals surface area (Å²) in [6.45, 7) is 12.6. The molecule has 0 fully saturated rings. The van der Waals surface area contributed by atoms with Crippen LogP contribution in [-0.2, 0) is 4.79 Å². The van der Waals surface area contributed by atoms with Gasteiger partial charge < -0.3 is 14.5 Å². The summed E-state index contributed by atoms with van der Waals surface area (Å²) in [4.78, 5) is 12.8. The lowest BCUT2D eigenvalue weighted by Gasteiger charge is -2.12. The van der Waals surface area contributed by atoms with Gasteiger partial charge in [0.05, 0.1) is 12.9 Å². The van der Waals surface area contributed by atoms with Gasteiger partial charge in [-0.05, 0) is 87.6 Å². The molecule has 0 bridgehead atoms. The Morgan fingerprint density at radius 3 is 2.35 bits per heavy atom. The summed E-state index contributed by atoms with van der Waals surface area (Å²) in [6.07, 6.45) is 3.42. The summed E-state index contributed by atoms with van der Waals surface area (Å²) in [7, 11) is 0. The number of carbonyl (C=O) groups is 1. The van der Waals surface area contributed by atoms with Crippen LogP contribution in [0.15, 0.2) is 65.3 Å². The first-order valence-corrected chi connectivity index (χ1v) is 11.6. The molecule has 4 rings (SSSR count). The Kier molecular flexibility index (Phi) is 6.60. The number of fused-ring (bicyclic) bond motifs is 1. The van der Waals surface area contributed by atoms with E-state index in [-0.39, 0.29) is 5.91 Å². The molecule has 0 saturated heterocycles. The molecule has 4 aromatic rings. The summed E-state index contributed by atoms with van der Waals surface area (Å²) < 4.78 is 11.8. The van der Waals surface area contributed by atoms with Crippen molar-refractivity contribution in [2.24, 2.45) is 0 Å². The third-order valence-electron chi connectivity index (χ3n) is 5.91. The molecule has 0 atom stereocenters. The van der Waals surface area contributed by atoms with Crippen LogP contribution in [0.4, 0.5) is 5.69 Å². The number of aryl methyl sites for hydroxylation is 4. The lowest BCUT2D eigenvalue weighted by Crippen LogP contribution is -2.09.